The van der Waals surface area contributed by atoms with Crippen molar-refractivity contribution in [2.24, 2.45) is 0 Å². The zero-order chi connectivity index (χ0) is 18.0. The second kappa shape index (κ2) is 7.09. The van der Waals surface area contributed by atoms with Gasteiger partial charge in [0.15, 0.2) is 5.78 Å². The first-order valence-corrected chi connectivity index (χ1v) is 9.07. The summed E-state index contributed by atoms with van der Waals surface area (Å²) >= 11 is 1.60. The lowest BCUT2D eigenvalue weighted by atomic mass is 9.99. The van der Waals surface area contributed by atoms with E-state index in [4.69, 9.17) is 0 Å². The number of aryl methyl sites for hydroxylation is 3. The third-order valence-corrected chi connectivity index (χ3v) is 5.42. The largest absolute Gasteiger partial charge is 0.289 e. The summed E-state index contributed by atoms with van der Waals surface area (Å²) in [4.78, 5) is 15.0. The topological polar surface area (TPSA) is 17.1 Å². The Hall–Kier alpha value is -2.63. The van der Waals surface area contributed by atoms with E-state index in [0.29, 0.717) is 5.56 Å². The smallest absolute Gasteiger partial charge is 0.195 e. The first kappa shape index (κ1) is 17.2. The molecular weight excluding hydrogens is 324 g/mol. The molecule has 2 heteroatoms. The van der Waals surface area contributed by atoms with Crippen LogP contribution in [-0.2, 0) is 0 Å². The van der Waals surface area contributed by atoms with Gasteiger partial charge in [-0.05, 0) is 51.3 Å². The molecule has 3 rings (SSSR count). The van der Waals surface area contributed by atoms with Crippen molar-refractivity contribution in [1.29, 1.82) is 0 Å². The first-order chi connectivity index (χ1) is 12.0. The monoisotopic (exact) mass is 344 g/mol. The maximum atomic E-state index is 13.0. The summed E-state index contributed by atoms with van der Waals surface area (Å²) in [6.45, 7) is 8.13. The highest BCUT2D eigenvalue weighted by atomic mass is 32.1. The second-order valence-corrected chi connectivity index (χ2v) is 7.52. The number of benzene rings is 2. The zero-order valence-electron chi connectivity index (χ0n) is 14.9. The number of carbonyl (C=O) groups excluding carboxylic acids is 1. The standard InChI is InChI=1S/C23H20OS/c1-15-5-9-19(10-6-15)11-14-21-22(17(3)18(4)25-21)23(24)20-12-7-16(2)8-13-20/h5-10,12-13H,1-4H3. The molecule has 0 atom stereocenters. The van der Waals surface area contributed by atoms with Crippen LogP contribution in [0.5, 0.6) is 0 Å². The highest BCUT2D eigenvalue weighted by Gasteiger charge is 2.19. The van der Waals surface area contributed by atoms with E-state index in [1.165, 1.54) is 5.56 Å². The molecule has 25 heavy (non-hydrogen) atoms. The lowest BCUT2D eigenvalue weighted by Gasteiger charge is -2.03. The van der Waals surface area contributed by atoms with Crippen molar-refractivity contribution in [3.63, 3.8) is 0 Å². The molecule has 1 heterocycles. The second-order valence-electron chi connectivity index (χ2n) is 6.30. The van der Waals surface area contributed by atoms with Crippen molar-refractivity contribution in [3.8, 4) is 11.8 Å². The highest BCUT2D eigenvalue weighted by molar-refractivity contribution is 7.13. The molecule has 0 N–H and O–H groups in total. The number of thiophene rings is 1. The number of ketones is 1. The van der Waals surface area contributed by atoms with Gasteiger partial charge in [-0.1, -0.05) is 53.4 Å². The lowest BCUT2D eigenvalue weighted by Crippen LogP contribution is -2.04. The van der Waals surface area contributed by atoms with Crippen LogP contribution in [0.3, 0.4) is 0 Å². The van der Waals surface area contributed by atoms with Gasteiger partial charge in [0, 0.05) is 16.0 Å². The molecule has 124 valence electrons. The average molecular weight is 344 g/mol. The fraction of sp³-hybridized carbons (Fsp3) is 0.174. The van der Waals surface area contributed by atoms with Crippen LogP contribution in [-0.4, -0.2) is 5.78 Å². The van der Waals surface area contributed by atoms with Gasteiger partial charge in [0.1, 0.15) is 0 Å². The lowest BCUT2D eigenvalue weighted by molar-refractivity contribution is 0.103. The molecule has 2 aromatic carbocycles. The Morgan fingerprint density at radius 2 is 1.36 bits per heavy atom. The van der Waals surface area contributed by atoms with Gasteiger partial charge in [0.25, 0.3) is 0 Å². The van der Waals surface area contributed by atoms with E-state index in [0.717, 1.165) is 32.0 Å². The Morgan fingerprint density at radius 3 is 1.96 bits per heavy atom. The van der Waals surface area contributed by atoms with Crippen molar-refractivity contribution in [1.82, 2.24) is 0 Å². The van der Waals surface area contributed by atoms with E-state index in [-0.39, 0.29) is 5.78 Å². The Kier molecular flexibility index (Phi) is 4.88. The van der Waals surface area contributed by atoms with Gasteiger partial charge >= 0.3 is 0 Å². The summed E-state index contributed by atoms with van der Waals surface area (Å²) in [7, 11) is 0. The Morgan fingerprint density at radius 1 is 0.800 bits per heavy atom. The molecule has 0 bridgehead atoms. The van der Waals surface area contributed by atoms with Crippen LogP contribution in [0.4, 0.5) is 0 Å². The predicted octanol–water partition coefficient (Wildman–Crippen LogP) is 5.61. The van der Waals surface area contributed by atoms with E-state index < -0.39 is 0 Å². The number of hydrogen-bond acceptors (Lipinski definition) is 2. The normalized spacial score (nSPS) is 10.2. The summed E-state index contributed by atoms with van der Waals surface area (Å²) in [5, 5.41) is 0. The van der Waals surface area contributed by atoms with Crippen molar-refractivity contribution < 1.29 is 4.79 Å². The maximum Gasteiger partial charge on any atom is 0.195 e. The molecular formula is C23H20OS. The Balaban J connectivity index is 2.02. The number of carbonyl (C=O) groups is 1. The molecule has 0 saturated heterocycles. The summed E-state index contributed by atoms with van der Waals surface area (Å²) in [5.41, 5.74) is 5.81. The average Bonchev–Trinajstić information content (AvgIpc) is 2.89. The molecule has 0 aliphatic rings. The van der Waals surface area contributed by atoms with Gasteiger partial charge in [-0.3, -0.25) is 4.79 Å². The third kappa shape index (κ3) is 3.73. The van der Waals surface area contributed by atoms with E-state index >= 15 is 0 Å². The SMILES string of the molecule is Cc1ccc(C#Cc2sc(C)c(C)c2C(=O)c2ccc(C)cc2)cc1. The fourth-order valence-electron chi connectivity index (χ4n) is 2.60. The summed E-state index contributed by atoms with van der Waals surface area (Å²) in [6.07, 6.45) is 0. The molecule has 0 spiro atoms. The van der Waals surface area contributed by atoms with E-state index in [9.17, 15) is 4.79 Å². The van der Waals surface area contributed by atoms with Crippen LogP contribution in [0.15, 0.2) is 48.5 Å². The van der Waals surface area contributed by atoms with Crippen molar-refractivity contribution in [2.75, 3.05) is 0 Å². The van der Waals surface area contributed by atoms with Gasteiger partial charge in [-0.25, -0.2) is 0 Å². The van der Waals surface area contributed by atoms with Crippen LogP contribution in [0.25, 0.3) is 0 Å². The van der Waals surface area contributed by atoms with Crippen molar-refractivity contribution in [3.05, 3.63) is 91.7 Å². The minimum absolute atomic E-state index is 0.0510. The van der Waals surface area contributed by atoms with Crippen molar-refractivity contribution in [2.45, 2.75) is 27.7 Å². The van der Waals surface area contributed by atoms with Crippen LogP contribution in [0.1, 0.15) is 47.9 Å². The predicted molar refractivity (Wildman–Crippen MR) is 106 cm³/mol. The molecule has 1 nitrogen and oxygen atoms in total. The molecule has 0 amide bonds. The molecule has 1 aromatic heterocycles. The number of rotatable bonds is 2. The summed E-state index contributed by atoms with van der Waals surface area (Å²) in [5.74, 6) is 6.46. The van der Waals surface area contributed by atoms with Gasteiger partial charge in [0.05, 0.1) is 10.4 Å². The molecule has 3 aromatic rings. The van der Waals surface area contributed by atoms with E-state index in [2.05, 4.69) is 18.8 Å². The number of hydrogen-bond donors (Lipinski definition) is 0. The van der Waals surface area contributed by atoms with Gasteiger partial charge < -0.3 is 0 Å². The molecule has 0 aliphatic carbocycles. The fourth-order valence-corrected chi connectivity index (χ4v) is 3.61. The Bertz CT molecular complexity index is 978. The van der Waals surface area contributed by atoms with E-state index in [1.54, 1.807) is 11.3 Å². The summed E-state index contributed by atoms with van der Waals surface area (Å²) < 4.78 is 0. The third-order valence-electron chi connectivity index (χ3n) is 4.30. The molecule has 0 fully saturated rings. The Labute approximate surface area is 153 Å². The van der Waals surface area contributed by atoms with Crippen LogP contribution < -0.4 is 0 Å². The van der Waals surface area contributed by atoms with Gasteiger partial charge in [-0.2, -0.15) is 0 Å². The first-order valence-electron chi connectivity index (χ1n) is 8.26. The molecule has 0 radical (unpaired) electrons. The molecule has 0 unspecified atom stereocenters. The molecule has 0 saturated carbocycles. The van der Waals surface area contributed by atoms with E-state index in [1.807, 2.05) is 69.3 Å². The molecule has 0 aliphatic heterocycles. The maximum absolute atomic E-state index is 13.0. The van der Waals surface area contributed by atoms with Crippen LogP contribution in [0, 0.1) is 39.5 Å². The van der Waals surface area contributed by atoms with Gasteiger partial charge in [0.2, 0.25) is 0 Å². The van der Waals surface area contributed by atoms with Crippen LogP contribution in [0.2, 0.25) is 0 Å². The summed E-state index contributed by atoms with van der Waals surface area (Å²) in [6, 6.07) is 15.8. The van der Waals surface area contributed by atoms with Gasteiger partial charge in [-0.15, -0.1) is 11.3 Å². The quantitative estimate of drug-likeness (QED) is 0.436. The minimum atomic E-state index is 0.0510. The highest BCUT2D eigenvalue weighted by Crippen LogP contribution is 2.29. The van der Waals surface area contributed by atoms with Crippen LogP contribution >= 0.6 is 11.3 Å². The van der Waals surface area contributed by atoms with Crippen molar-refractivity contribution >= 4 is 17.1 Å². The zero-order valence-corrected chi connectivity index (χ0v) is 15.8. The minimum Gasteiger partial charge on any atom is -0.289 e.